The van der Waals surface area contributed by atoms with E-state index in [4.69, 9.17) is 0 Å². The highest BCUT2D eigenvalue weighted by molar-refractivity contribution is 7.92. The summed E-state index contributed by atoms with van der Waals surface area (Å²) in [6.07, 6.45) is 0.475. The van der Waals surface area contributed by atoms with E-state index in [1.807, 2.05) is 0 Å². The number of halogens is 1. The third kappa shape index (κ3) is 1.55. The highest BCUT2D eigenvalue weighted by atomic mass is 32.2. The second-order valence-corrected chi connectivity index (χ2v) is 5.75. The summed E-state index contributed by atoms with van der Waals surface area (Å²) in [7, 11) is -3.12. The predicted molar refractivity (Wildman–Crippen MR) is 42.0 cm³/mol. The van der Waals surface area contributed by atoms with Crippen LogP contribution in [0, 0.1) is 0 Å². The molecular weight excluding hydrogens is 167 g/mol. The Morgan fingerprint density at radius 3 is 2.36 bits per heavy atom. The number of hydrogen-bond donors (Lipinski definition) is 0. The lowest BCUT2D eigenvalue weighted by atomic mass is 10.0. The summed E-state index contributed by atoms with van der Waals surface area (Å²) in [6.45, 7) is 3.26. The Morgan fingerprint density at radius 2 is 2.18 bits per heavy atom. The zero-order valence-corrected chi connectivity index (χ0v) is 7.62. The Morgan fingerprint density at radius 1 is 1.64 bits per heavy atom. The zero-order chi connectivity index (χ0) is 8.70. The fourth-order valence-corrected chi connectivity index (χ4v) is 3.33. The van der Waals surface area contributed by atoms with E-state index in [0.29, 0.717) is 6.42 Å². The second-order valence-electron chi connectivity index (χ2n) is 3.33. The van der Waals surface area contributed by atoms with Crippen LogP contribution in [-0.2, 0) is 9.84 Å². The maximum Gasteiger partial charge on any atom is 0.156 e. The van der Waals surface area contributed by atoms with Crippen molar-refractivity contribution in [2.24, 2.45) is 0 Å². The van der Waals surface area contributed by atoms with Gasteiger partial charge in [0.2, 0.25) is 0 Å². The van der Waals surface area contributed by atoms with E-state index < -0.39 is 20.8 Å². The van der Waals surface area contributed by atoms with Crippen LogP contribution in [0.1, 0.15) is 26.7 Å². The highest BCUT2D eigenvalue weighted by Gasteiger charge is 2.46. The molecule has 1 fully saturated rings. The van der Waals surface area contributed by atoms with E-state index in [-0.39, 0.29) is 12.2 Å². The molecule has 2 atom stereocenters. The molecule has 0 aromatic heterocycles. The van der Waals surface area contributed by atoms with Crippen LogP contribution in [-0.4, -0.2) is 25.1 Å². The Kier molecular flexibility index (Phi) is 1.99. The van der Waals surface area contributed by atoms with Crippen molar-refractivity contribution in [1.29, 1.82) is 0 Å². The molecule has 1 heterocycles. The quantitative estimate of drug-likeness (QED) is 0.609. The summed E-state index contributed by atoms with van der Waals surface area (Å²) >= 11 is 0. The first kappa shape index (κ1) is 8.97. The van der Waals surface area contributed by atoms with Gasteiger partial charge >= 0.3 is 0 Å². The van der Waals surface area contributed by atoms with Crippen LogP contribution in [0.4, 0.5) is 4.39 Å². The van der Waals surface area contributed by atoms with E-state index in [1.165, 1.54) is 0 Å². The van der Waals surface area contributed by atoms with Gasteiger partial charge in [-0.2, -0.15) is 0 Å². The van der Waals surface area contributed by atoms with Gasteiger partial charge in [0.15, 0.2) is 9.84 Å². The van der Waals surface area contributed by atoms with Gasteiger partial charge in [-0.25, -0.2) is 12.8 Å². The lowest BCUT2D eigenvalue weighted by Gasteiger charge is -2.13. The molecule has 1 saturated heterocycles. The van der Waals surface area contributed by atoms with E-state index in [1.54, 1.807) is 13.8 Å². The summed E-state index contributed by atoms with van der Waals surface area (Å²) in [6, 6.07) is 0. The van der Waals surface area contributed by atoms with Gasteiger partial charge in [0, 0.05) is 0 Å². The van der Waals surface area contributed by atoms with Gasteiger partial charge in [0.1, 0.15) is 5.67 Å². The first-order valence-corrected chi connectivity index (χ1v) is 5.52. The van der Waals surface area contributed by atoms with Crippen molar-refractivity contribution >= 4 is 9.84 Å². The van der Waals surface area contributed by atoms with Gasteiger partial charge in [-0.05, 0) is 19.8 Å². The molecular formula is C7H13FO2S. The third-order valence-corrected chi connectivity index (χ3v) is 4.67. The van der Waals surface area contributed by atoms with E-state index in [0.717, 1.165) is 0 Å². The van der Waals surface area contributed by atoms with Crippen LogP contribution >= 0.6 is 0 Å². The molecule has 0 aromatic carbocycles. The topological polar surface area (TPSA) is 34.1 Å². The normalized spacial score (nSPS) is 42.6. The molecule has 0 aromatic rings. The molecule has 0 bridgehead atoms. The molecule has 11 heavy (non-hydrogen) atoms. The third-order valence-electron chi connectivity index (χ3n) is 2.36. The lowest BCUT2D eigenvalue weighted by Crippen LogP contribution is -2.22. The minimum atomic E-state index is -3.12. The van der Waals surface area contributed by atoms with Gasteiger partial charge in [-0.15, -0.1) is 0 Å². The summed E-state index contributed by atoms with van der Waals surface area (Å²) in [5, 5.41) is -0.493. The summed E-state index contributed by atoms with van der Waals surface area (Å²) < 4.78 is 35.6. The van der Waals surface area contributed by atoms with Crippen LogP contribution in [0.5, 0.6) is 0 Å². The van der Waals surface area contributed by atoms with Crippen molar-refractivity contribution < 1.29 is 12.8 Å². The van der Waals surface area contributed by atoms with Crippen LogP contribution in [0.2, 0.25) is 0 Å². The lowest BCUT2D eigenvalue weighted by molar-refractivity contribution is 0.185. The standard InChI is InChI=1S/C7H13FO2S/c1-3-7(8)4-6(2)11(9,10)5-7/h6H,3-5H2,1-2H3. The van der Waals surface area contributed by atoms with Crippen molar-refractivity contribution in [3.63, 3.8) is 0 Å². The minimum Gasteiger partial charge on any atom is -0.243 e. The Labute approximate surface area is 66.7 Å². The predicted octanol–water partition coefficient (Wildman–Crippen LogP) is 1.31. The van der Waals surface area contributed by atoms with Crippen LogP contribution in [0.25, 0.3) is 0 Å². The monoisotopic (exact) mass is 180 g/mol. The van der Waals surface area contributed by atoms with Crippen LogP contribution in [0.3, 0.4) is 0 Å². The Balaban J connectivity index is 2.88. The van der Waals surface area contributed by atoms with Gasteiger partial charge in [-0.3, -0.25) is 0 Å². The first-order chi connectivity index (χ1) is 4.90. The maximum absolute atomic E-state index is 13.4. The summed E-state index contributed by atoms with van der Waals surface area (Å²) in [5.74, 6) is -0.280. The molecule has 0 N–H and O–H groups in total. The summed E-state index contributed by atoms with van der Waals surface area (Å²) in [5.41, 5.74) is -1.45. The van der Waals surface area contributed by atoms with Crippen LogP contribution < -0.4 is 0 Å². The molecule has 4 heteroatoms. The number of hydrogen-bond acceptors (Lipinski definition) is 2. The SMILES string of the molecule is CCC1(F)CC(C)S(=O)(=O)C1. The number of alkyl halides is 1. The van der Waals surface area contributed by atoms with Gasteiger partial charge in [-0.1, -0.05) is 6.92 Å². The van der Waals surface area contributed by atoms with Gasteiger partial charge in [0.05, 0.1) is 11.0 Å². The second kappa shape index (κ2) is 2.44. The largest absolute Gasteiger partial charge is 0.243 e. The van der Waals surface area contributed by atoms with Crippen molar-refractivity contribution in [2.75, 3.05) is 5.75 Å². The van der Waals surface area contributed by atoms with Crippen LogP contribution in [0.15, 0.2) is 0 Å². The Bertz CT molecular complexity index is 247. The number of rotatable bonds is 1. The molecule has 2 nitrogen and oxygen atoms in total. The summed E-state index contributed by atoms with van der Waals surface area (Å²) in [4.78, 5) is 0. The average molecular weight is 180 g/mol. The molecule has 1 aliphatic rings. The fourth-order valence-electron chi connectivity index (χ4n) is 1.45. The van der Waals surface area contributed by atoms with E-state index in [9.17, 15) is 12.8 Å². The molecule has 1 rings (SSSR count). The molecule has 0 saturated carbocycles. The Hall–Kier alpha value is -0.120. The molecule has 0 amide bonds. The molecule has 2 unspecified atom stereocenters. The van der Waals surface area contributed by atoms with Gasteiger partial charge in [0.25, 0.3) is 0 Å². The molecule has 1 aliphatic heterocycles. The minimum absolute atomic E-state index is 0.172. The molecule has 0 spiro atoms. The molecule has 0 aliphatic carbocycles. The highest BCUT2D eigenvalue weighted by Crippen LogP contribution is 2.34. The van der Waals surface area contributed by atoms with E-state index >= 15 is 0 Å². The van der Waals surface area contributed by atoms with E-state index in [2.05, 4.69) is 0 Å². The fraction of sp³-hybridized carbons (Fsp3) is 1.00. The average Bonchev–Trinajstić information content (AvgIpc) is 2.04. The van der Waals surface area contributed by atoms with Crippen molar-refractivity contribution in [3.05, 3.63) is 0 Å². The zero-order valence-electron chi connectivity index (χ0n) is 6.80. The number of sulfone groups is 1. The van der Waals surface area contributed by atoms with Crippen molar-refractivity contribution in [2.45, 2.75) is 37.6 Å². The smallest absolute Gasteiger partial charge is 0.156 e. The molecule has 66 valence electrons. The van der Waals surface area contributed by atoms with Crippen molar-refractivity contribution in [1.82, 2.24) is 0 Å². The van der Waals surface area contributed by atoms with Gasteiger partial charge < -0.3 is 0 Å². The van der Waals surface area contributed by atoms with Crippen molar-refractivity contribution in [3.8, 4) is 0 Å². The first-order valence-electron chi connectivity index (χ1n) is 3.80. The maximum atomic E-state index is 13.4. The molecule has 0 radical (unpaired) electrons.